The van der Waals surface area contributed by atoms with Crippen LogP contribution in [0.3, 0.4) is 0 Å². The standard InChI is InChI=1S/C17H23NO2/c1-12-7-8-18(13(2)9-12)11-15(19)17-10-14-5-3-4-6-16(14)20-17/h3-6,10,12-13,15,19H,7-9,11H2,1-2H3. The average molecular weight is 273 g/mol. The summed E-state index contributed by atoms with van der Waals surface area (Å²) in [5, 5.41) is 11.5. The third-order valence-electron chi connectivity index (χ3n) is 4.46. The van der Waals surface area contributed by atoms with Crippen molar-refractivity contribution in [2.45, 2.75) is 38.8 Å². The average Bonchev–Trinajstić information content (AvgIpc) is 2.86. The maximum absolute atomic E-state index is 10.4. The highest BCUT2D eigenvalue weighted by Crippen LogP contribution is 2.27. The van der Waals surface area contributed by atoms with Crippen molar-refractivity contribution in [2.75, 3.05) is 13.1 Å². The Morgan fingerprint density at radius 3 is 2.90 bits per heavy atom. The summed E-state index contributed by atoms with van der Waals surface area (Å²) in [5.41, 5.74) is 0.849. The molecule has 3 rings (SSSR count). The maximum Gasteiger partial charge on any atom is 0.135 e. The number of aliphatic hydroxyl groups is 1. The SMILES string of the molecule is CC1CCN(CC(O)c2cc3ccccc3o2)C(C)C1. The van der Waals surface area contributed by atoms with Gasteiger partial charge in [0, 0.05) is 18.0 Å². The minimum atomic E-state index is -0.543. The number of hydrogen-bond donors (Lipinski definition) is 1. The third kappa shape index (κ3) is 2.74. The summed E-state index contributed by atoms with van der Waals surface area (Å²) < 4.78 is 5.75. The van der Waals surface area contributed by atoms with Crippen molar-refractivity contribution < 1.29 is 9.52 Å². The Hall–Kier alpha value is -1.32. The molecule has 0 spiro atoms. The van der Waals surface area contributed by atoms with E-state index in [-0.39, 0.29) is 0 Å². The number of nitrogens with zero attached hydrogens (tertiary/aromatic N) is 1. The number of para-hydroxylation sites is 1. The van der Waals surface area contributed by atoms with Gasteiger partial charge in [-0.1, -0.05) is 25.1 Å². The lowest BCUT2D eigenvalue weighted by molar-refractivity contribution is 0.0505. The highest BCUT2D eigenvalue weighted by molar-refractivity contribution is 5.77. The fourth-order valence-corrected chi connectivity index (χ4v) is 3.21. The molecule has 2 heterocycles. The second kappa shape index (κ2) is 5.58. The molecule has 1 aliphatic rings. The Morgan fingerprint density at radius 1 is 1.35 bits per heavy atom. The van der Waals surface area contributed by atoms with Crippen molar-refractivity contribution in [3.05, 3.63) is 36.1 Å². The summed E-state index contributed by atoms with van der Waals surface area (Å²) in [5.74, 6) is 1.47. The van der Waals surface area contributed by atoms with Gasteiger partial charge >= 0.3 is 0 Å². The minimum absolute atomic E-state index is 0.540. The monoisotopic (exact) mass is 273 g/mol. The van der Waals surface area contributed by atoms with Crippen LogP contribution in [-0.4, -0.2) is 29.1 Å². The van der Waals surface area contributed by atoms with E-state index >= 15 is 0 Å². The minimum Gasteiger partial charge on any atom is -0.458 e. The molecule has 1 aromatic heterocycles. The zero-order valence-electron chi connectivity index (χ0n) is 12.2. The lowest BCUT2D eigenvalue weighted by Crippen LogP contribution is -2.42. The van der Waals surface area contributed by atoms with E-state index < -0.39 is 6.10 Å². The number of piperidine rings is 1. The molecular formula is C17H23NO2. The van der Waals surface area contributed by atoms with Crippen molar-refractivity contribution in [1.82, 2.24) is 4.90 Å². The number of hydrogen-bond acceptors (Lipinski definition) is 3. The summed E-state index contributed by atoms with van der Waals surface area (Å²) in [6, 6.07) is 10.4. The molecule has 0 aliphatic carbocycles. The lowest BCUT2D eigenvalue weighted by atomic mass is 9.93. The van der Waals surface area contributed by atoms with Gasteiger partial charge in [0.25, 0.3) is 0 Å². The Morgan fingerprint density at radius 2 is 2.15 bits per heavy atom. The van der Waals surface area contributed by atoms with Crippen LogP contribution in [0.1, 0.15) is 38.6 Å². The van der Waals surface area contributed by atoms with Crippen molar-refractivity contribution in [1.29, 1.82) is 0 Å². The molecule has 1 saturated heterocycles. The number of β-amino-alcohol motifs (C(OH)–C–C–N with tert-alkyl or cyclic N) is 1. The summed E-state index contributed by atoms with van der Waals surface area (Å²) in [6.45, 7) is 6.29. The summed E-state index contributed by atoms with van der Waals surface area (Å²) >= 11 is 0. The molecule has 1 aliphatic heterocycles. The van der Waals surface area contributed by atoms with E-state index in [1.807, 2.05) is 30.3 Å². The van der Waals surface area contributed by atoms with Gasteiger partial charge in [0.15, 0.2) is 0 Å². The quantitative estimate of drug-likeness (QED) is 0.928. The van der Waals surface area contributed by atoms with E-state index in [4.69, 9.17) is 4.42 Å². The Kier molecular flexibility index (Phi) is 3.81. The van der Waals surface area contributed by atoms with Crippen molar-refractivity contribution in [3.8, 4) is 0 Å². The molecule has 1 N–H and O–H groups in total. The number of furan rings is 1. The predicted molar refractivity (Wildman–Crippen MR) is 80.6 cm³/mol. The Balaban J connectivity index is 1.71. The maximum atomic E-state index is 10.4. The van der Waals surface area contributed by atoms with Crippen molar-refractivity contribution in [2.24, 2.45) is 5.92 Å². The van der Waals surface area contributed by atoms with Gasteiger partial charge in [-0.25, -0.2) is 0 Å². The second-order valence-corrected chi connectivity index (χ2v) is 6.18. The number of rotatable bonds is 3. The van der Waals surface area contributed by atoms with Crippen LogP contribution in [0.2, 0.25) is 0 Å². The van der Waals surface area contributed by atoms with Gasteiger partial charge in [-0.2, -0.15) is 0 Å². The van der Waals surface area contributed by atoms with Crippen LogP contribution in [0.25, 0.3) is 11.0 Å². The molecule has 3 heteroatoms. The number of benzene rings is 1. The summed E-state index contributed by atoms with van der Waals surface area (Å²) in [7, 11) is 0. The van der Waals surface area contributed by atoms with Crippen molar-refractivity contribution >= 4 is 11.0 Å². The summed E-state index contributed by atoms with van der Waals surface area (Å²) in [6.07, 6.45) is 1.89. The normalized spacial score (nSPS) is 25.9. The zero-order chi connectivity index (χ0) is 14.1. The van der Waals surface area contributed by atoms with Gasteiger partial charge < -0.3 is 9.52 Å². The molecule has 1 fully saturated rings. The van der Waals surface area contributed by atoms with E-state index in [0.717, 1.165) is 23.4 Å². The van der Waals surface area contributed by atoms with Gasteiger partial charge in [0.2, 0.25) is 0 Å². The van der Waals surface area contributed by atoms with Gasteiger partial charge in [0.1, 0.15) is 17.4 Å². The highest BCUT2D eigenvalue weighted by atomic mass is 16.4. The molecule has 0 radical (unpaired) electrons. The third-order valence-corrected chi connectivity index (χ3v) is 4.46. The van der Waals surface area contributed by atoms with Crippen LogP contribution >= 0.6 is 0 Å². The first-order chi connectivity index (χ1) is 9.63. The molecule has 0 bridgehead atoms. The van der Waals surface area contributed by atoms with Crippen LogP contribution in [0.4, 0.5) is 0 Å². The Labute approximate surface area is 120 Å². The number of fused-ring (bicyclic) bond motifs is 1. The van der Waals surface area contributed by atoms with Gasteiger partial charge in [-0.15, -0.1) is 0 Å². The molecule has 0 amide bonds. The fourth-order valence-electron chi connectivity index (χ4n) is 3.21. The van der Waals surface area contributed by atoms with Gasteiger partial charge in [0.05, 0.1) is 0 Å². The first kappa shape index (κ1) is 13.7. The smallest absolute Gasteiger partial charge is 0.135 e. The van der Waals surface area contributed by atoms with E-state index in [1.165, 1.54) is 12.8 Å². The van der Waals surface area contributed by atoms with E-state index in [0.29, 0.717) is 18.3 Å². The predicted octanol–water partition coefficient (Wildman–Crippen LogP) is 3.59. The second-order valence-electron chi connectivity index (χ2n) is 6.18. The van der Waals surface area contributed by atoms with Crippen LogP contribution in [0.15, 0.2) is 34.7 Å². The summed E-state index contributed by atoms with van der Waals surface area (Å²) in [4.78, 5) is 2.37. The van der Waals surface area contributed by atoms with Gasteiger partial charge in [-0.05, 0) is 44.4 Å². The molecule has 3 nitrogen and oxygen atoms in total. The lowest BCUT2D eigenvalue weighted by Gasteiger charge is -2.37. The van der Waals surface area contributed by atoms with Gasteiger partial charge in [-0.3, -0.25) is 4.90 Å². The molecule has 20 heavy (non-hydrogen) atoms. The molecular weight excluding hydrogens is 250 g/mol. The first-order valence-electron chi connectivity index (χ1n) is 7.54. The molecule has 0 saturated carbocycles. The largest absolute Gasteiger partial charge is 0.458 e. The van der Waals surface area contributed by atoms with Crippen LogP contribution in [0, 0.1) is 5.92 Å². The number of aliphatic hydroxyl groups excluding tert-OH is 1. The molecule has 108 valence electrons. The topological polar surface area (TPSA) is 36.6 Å². The number of likely N-dealkylation sites (tertiary alicyclic amines) is 1. The van der Waals surface area contributed by atoms with Crippen LogP contribution in [0.5, 0.6) is 0 Å². The Bertz CT molecular complexity index is 544. The van der Waals surface area contributed by atoms with E-state index in [2.05, 4.69) is 18.7 Å². The highest BCUT2D eigenvalue weighted by Gasteiger charge is 2.26. The molecule has 1 aromatic carbocycles. The molecule has 2 aromatic rings. The van der Waals surface area contributed by atoms with E-state index in [9.17, 15) is 5.11 Å². The van der Waals surface area contributed by atoms with E-state index in [1.54, 1.807) is 0 Å². The molecule has 3 atom stereocenters. The van der Waals surface area contributed by atoms with Crippen molar-refractivity contribution in [3.63, 3.8) is 0 Å². The van der Waals surface area contributed by atoms with Crippen LogP contribution < -0.4 is 0 Å². The zero-order valence-corrected chi connectivity index (χ0v) is 12.2. The van der Waals surface area contributed by atoms with Crippen LogP contribution in [-0.2, 0) is 0 Å². The fraction of sp³-hybridized carbons (Fsp3) is 0.529. The first-order valence-corrected chi connectivity index (χ1v) is 7.54. The molecule has 3 unspecified atom stereocenters.